The Morgan fingerprint density at radius 3 is 2.88 bits per heavy atom. The molecule has 1 aromatic heterocycles. The summed E-state index contributed by atoms with van der Waals surface area (Å²) in [7, 11) is 6.29. The van der Waals surface area contributed by atoms with Gasteiger partial charge in [0.25, 0.3) is 0 Å². The third kappa shape index (κ3) is 2.78. The van der Waals surface area contributed by atoms with E-state index in [2.05, 4.69) is 46.5 Å². The number of anilines is 1. The molecule has 0 amide bonds. The molecule has 17 heavy (non-hydrogen) atoms. The maximum atomic E-state index is 4.67. The minimum absolute atomic E-state index is 0.645. The van der Waals surface area contributed by atoms with Crippen LogP contribution in [0.3, 0.4) is 0 Å². The monoisotopic (exact) mass is 254 g/mol. The quantitative estimate of drug-likeness (QED) is 0.876. The average Bonchev–Trinajstić information content (AvgIpc) is 2.85. The third-order valence-corrected chi connectivity index (χ3v) is 4.35. The fraction of sp³-hybridized carbons (Fsp3) is 0.750. The van der Waals surface area contributed by atoms with Crippen LogP contribution >= 0.6 is 11.3 Å². The van der Waals surface area contributed by atoms with Gasteiger partial charge in [-0.25, -0.2) is 4.98 Å². The molecule has 1 aromatic rings. The van der Waals surface area contributed by atoms with Crippen molar-refractivity contribution in [3.05, 3.63) is 11.1 Å². The Bertz CT molecular complexity index is 363. The van der Waals surface area contributed by atoms with Crippen LogP contribution in [0.2, 0.25) is 0 Å². The first kappa shape index (κ1) is 12.8. The maximum Gasteiger partial charge on any atom is 0.185 e. The zero-order valence-electron chi connectivity index (χ0n) is 11.1. The van der Waals surface area contributed by atoms with Crippen LogP contribution in [-0.2, 0) is 6.54 Å². The van der Waals surface area contributed by atoms with Crippen LogP contribution < -0.4 is 10.2 Å². The number of nitrogens with one attached hydrogen (secondary N) is 1. The van der Waals surface area contributed by atoms with E-state index in [0.29, 0.717) is 12.0 Å². The summed E-state index contributed by atoms with van der Waals surface area (Å²) in [5.74, 6) is 0.710. The van der Waals surface area contributed by atoms with Crippen LogP contribution in [0.4, 0.5) is 5.13 Å². The highest BCUT2D eigenvalue weighted by Crippen LogP contribution is 2.28. The molecule has 2 heterocycles. The van der Waals surface area contributed by atoms with Crippen LogP contribution in [0.5, 0.6) is 0 Å². The molecule has 96 valence electrons. The van der Waals surface area contributed by atoms with E-state index in [1.807, 2.05) is 7.05 Å². The van der Waals surface area contributed by atoms with Gasteiger partial charge in [-0.15, -0.1) is 11.3 Å². The summed E-state index contributed by atoms with van der Waals surface area (Å²) >= 11 is 1.76. The molecule has 0 spiro atoms. The normalized spacial score (nSPS) is 24.9. The Kier molecular flexibility index (Phi) is 4.01. The summed E-state index contributed by atoms with van der Waals surface area (Å²) in [4.78, 5) is 9.42. The minimum Gasteiger partial charge on any atom is -0.346 e. The van der Waals surface area contributed by atoms with E-state index in [0.717, 1.165) is 25.3 Å². The number of aromatic nitrogens is 1. The Labute approximate surface area is 108 Å². The second-order valence-corrected chi connectivity index (χ2v) is 5.90. The molecule has 0 aromatic carbocycles. The second-order valence-electron chi connectivity index (χ2n) is 5.06. The van der Waals surface area contributed by atoms with Gasteiger partial charge in [-0.05, 0) is 27.1 Å². The highest BCUT2D eigenvalue weighted by Gasteiger charge is 2.32. The van der Waals surface area contributed by atoms with E-state index >= 15 is 0 Å². The van der Waals surface area contributed by atoms with Gasteiger partial charge in [0.1, 0.15) is 0 Å². The van der Waals surface area contributed by atoms with E-state index in [1.54, 1.807) is 11.3 Å². The molecule has 0 radical (unpaired) electrons. The zero-order valence-corrected chi connectivity index (χ0v) is 11.9. The number of hydrogen-bond donors (Lipinski definition) is 1. The van der Waals surface area contributed by atoms with Gasteiger partial charge in [0, 0.05) is 31.1 Å². The van der Waals surface area contributed by atoms with Gasteiger partial charge >= 0.3 is 0 Å². The van der Waals surface area contributed by atoms with Gasteiger partial charge in [-0.2, -0.15) is 0 Å². The summed E-state index contributed by atoms with van der Waals surface area (Å²) in [6, 6.07) is 0.645. The van der Waals surface area contributed by atoms with E-state index in [4.69, 9.17) is 0 Å². The molecule has 4 nitrogen and oxygen atoms in total. The summed E-state index contributed by atoms with van der Waals surface area (Å²) in [5, 5.41) is 6.47. The lowest BCUT2D eigenvalue weighted by Gasteiger charge is -2.22. The molecular formula is C12H22N4S. The van der Waals surface area contributed by atoms with Crippen LogP contribution in [0, 0.1) is 5.92 Å². The fourth-order valence-corrected chi connectivity index (χ4v) is 3.33. The molecule has 1 N–H and O–H groups in total. The van der Waals surface area contributed by atoms with E-state index in [-0.39, 0.29) is 0 Å². The predicted molar refractivity (Wildman–Crippen MR) is 73.7 cm³/mol. The van der Waals surface area contributed by atoms with Crippen molar-refractivity contribution < 1.29 is 0 Å². The highest BCUT2D eigenvalue weighted by molar-refractivity contribution is 7.13. The molecule has 1 fully saturated rings. The van der Waals surface area contributed by atoms with Crippen LogP contribution in [-0.4, -0.2) is 50.2 Å². The molecule has 1 saturated heterocycles. The van der Waals surface area contributed by atoms with Crippen molar-refractivity contribution in [2.45, 2.75) is 19.5 Å². The van der Waals surface area contributed by atoms with E-state index in [9.17, 15) is 0 Å². The van der Waals surface area contributed by atoms with Gasteiger partial charge in [-0.3, -0.25) is 0 Å². The molecule has 0 saturated carbocycles. The Morgan fingerprint density at radius 1 is 1.53 bits per heavy atom. The first-order chi connectivity index (χ1) is 8.11. The zero-order chi connectivity index (χ0) is 12.4. The van der Waals surface area contributed by atoms with Crippen molar-refractivity contribution in [1.29, 1.82) is 0 Å². The largest absolute Gasteiger partial charge is 0.346 e. The topological polar surface area (TPSA) is 31.4 Å². The number of hydrogen-bond acceptors (Lipinski definition) is 5. The van der Waals surface area contributed by atoms with Gasteiger partial charge in [0.15, 0.2) is 5.13 Å². The third-order valence-electron chi connectivity index (χ3n) is 3.40. The van der Waals surface area contributed by atoms with Crippen molar-refractivity contribution >= 4 is 16.5 Å². The SMILES string of the molecule is CNCc1csc(N2CC(C)C(N(C)C)C2)n1. The van der Waals surface area contributed by atoms with Crippen LogP contribution in [0.15, 0.2) is 5.38 Å². The van der Waals surface area contributed by atoms with Gasteiger partial charge < -0.3 is 15.1 Å². The van der Waals surface area contributed by atoms with Gasteiger partial charge in [0.05, 0.1) is 5.69 Å². The fourth-order valence-electron chi connectivity index (χ4n) is 2.48. The molecular weight excluding hydrogens is 232 g/mol. The molecule has 1 aliphatic rings. The van der Waals surface area contributed by atoms with Crippen molar-refractivity contribution in [3.8, 4) is 0 Å². The highest BCUT2D eigenvalue weighted by atomic mass is 32.1. The molecule has 2 rings (SSSR count). The van der Waals surface area contributed by atoms with Gasteiger partial charge in [-0.1, -0.05) is 6.92 Å². The van der Waals surface area contributed by atoms with Crippen molar-refractivity contribution in [1.82, 2.24) is 15.2 Å². The summed E-state index contributed by atoms with van der Waals surface area (Å²) in [5.41, 5.74) is 1.15. The molecule has 2 unspecified atom stereocenters. The average molecular weight is 254 g/mol. The minimum atomic E-state index is 0.645. The Morgan fingerprint density at radius 2 is 2.29 bits per heavy atom. The van der Waals surface area contributed by atoms with Crippen molar-refractivity contribution in [2.75, 3.05) is 39.1 Å². The lowest BCUT2D eigenvalue weighted by atomic mass is 10.1. The summed E-state index contributed by atoms with van der Waals surface area (Å²) in [6.45, 7) is 5.40. The lowest BCUT2D eigenvalue weighted by Crippen LogP contribution is -2.34. The Balaban J connectivity index is 2.03. The van der Waals surface area contributed by atoms with Crippen LogP contribution in [0.1, 0.15) is 12.6 Å². The Hall–Kier alpha value is -0.650. The number of likely N-dealkylation sites (N-methyl/N-ethyl adjacent to an activating group) is 1. The number of rotatable bonds is 4. The predicted octanol–water partition coefficient (Wildman–Crippen LogP) is 1.25. The molecule has 5 heteroatoms. The summed E-state index contributed by atoms with van der Waals surface area (Å²) < 4.78 is 0. The molecule has 0 bridgehead atoms. The smallest absolute Gasteiger partial charge is 0.185 e. The maximum absolute atomic E-state index is 4.67. The summed E-state index contributed by atoms with van der Waals surface area (Å²) in [6.07, 6.45) is 0. The van der Waals surface area contributed by atoms with E-state index < -0.39 is 0 Å². The van der Waals surface area contributed by atoms with Crippen molar-refractivity contribution in [2.24, 2.45) is 5.92 Å². The van der Waals surface area contributed by atoms with Gasteiger partial charge in [0.2, 0.25) is 0 Å². The first-order valence-corrected chi connectivity index (χ1v) is 7.00. The standard InChI is InChI=1S/C12H22N4S/c1-9-6-16(7-11(9)15(3)4)12-14-10(5-13-2)8-17-12/h8-9,11,13H,5-7H2,1-4H3. The lowest BCUT2D eigenvalue weighted by molar-refractivity contribution is 0.266. The second kappa shape index (κ2) is 5.33. The molecule has 1 aliphatic heterocycles. The molecule has 2 atom stereocenters. The molecule has 0 aliphatic carbocycles. The van der Waals surface area contributed by atoms with Crippen molar-refractivity contribution in [3.63, 3.8) is 0 Å². The first-order valence-electron chi connectivity index (χ1n) is 6.12. The number of thiazole rings is 1. The van der Waals surface area contributed by atoms with E-state index in [1.165, 1.54) is 5.13 Å². The number of nitrogens with zero attached hydrogens (tertiary/aromatic N) is 3. The van der Waals surface area contributed by atoms with Crippen LogP contribution in [0.25, 0.3) is 0 Å².